The number of benzene rings is 1. The van der Waals surface area contributed by atoms with E-state index in [1.54, 1.807) is 42.6 Å². The van der Waals surface area contributed by atoms with Crippen molar-refractivity contribution in [3.63, 3.8) is 0 Å². The largest absolute Gasteiger partial charge is 0.484 e. The smallest absolute Gasteiger partial charge is 0.341 e. The highest BCUT2D eigenvalue weighted by molar-refractivity contribution is 7.14. The Morgan fingerprint density at radius 2 is 2.00 bits per heavy atom. The lowest BCUT2D eigenvalue weighted by atomic mass is 10.2. The lowest BCUT2D eigenvalue weighted by molar-refractivity contribution is -0.118. The Balaban J connectivity index is 1.64. The maximum absolute atomic E-state index is 12.1. The zero-order valence-corrected chi connectivity index (χ0v) is 14.6. The van der Waals surface area contributed by atoms with Gasteiger partial charge in [-0.3, -0.25) is 4.79 Å². The molecule has 0 fully saturated rings. The lowest BCUT2D eigenvalue weighted by Crippen LogP contribution is -2.21. The number of amides is 1. The van der Waals surface area contributed by atoms with Crippen molar-refractivity contribution in [3.8, 4) is 5.75 Å². The summed E-state index contributed by atoms with van der Waals surface area (Å²) in [6.45, 7) is 1.70. The van der Waals surface area contributed by atoms with Crippen LogP contribution in [-0.4, -0.2) is 25.1 Å². The first-order chi connectivity index (χ1) is 12.6. The molecule has 0 spiro atoms. The minimum Gasteiger partial charge on any atom is -0.484 e. The van der Waals surface area contributed by atoms with Crippen LogP contribution in [-0.2, 0) is 9.53 Å². The first-order valence-electron chi connectivity index (χ1n) is 7.78. The summed E-state index contributed by atoms with van der Waals surface area (Å²) in [7, 11) is 0. The molecule has 3 aromatic rings. The van der Waals surface area contributed by atoms with Gasteiger partial charge in [-0.15, -0.1) is 11.3 Å². The summed E-state index contributed by atoms with van der Waals surface area (Å²) in [5, 5.41) is 5.47. The quantitative estimate of drug-likeness (QED) is 0.527. The van der Waals surface area contributed by atoms with Crippen LogP contribution in [0.3, 0.4) is 0 Å². The van der Waals surface area contributed by atoms with Crippen molar-refractivity contribution < 1.29 is 23.5 Å². The molecule has 3 rings (SSSR count). The number of anilines is 1. The summed E-state index contributed by atoms with van der Waals surface area (Å²) in [6.07, 6.45) is 0. The van der Waals surface area contributed by atoms with E-state index in [2.05, 4.69) is 5.32 Å². The Kier molecular flexibility index (Phi) is 5.33. The maximum atomic E-state index is 12.1. The van der Waals surface area contributed by atoms with Gasteiger partial charge in [-0.05, 0) is 36.6 Å². The number of rotatable bonds is 6. The number of carbonyl (C=O) groups excluding carboxylic acids is 2. The van der Waals surface area contributed by atoms with Gasteiger partial charge in [0.2, 0.25) is 0 Å². The molecule has 2 aromatic heterocycles. The predicted molar refractivity (Wildman–Crippen MR) is 96.9 cm³/mol. The Morgan fingerprint density at radius 1 is 1.19 bits per heavy atom. The number of fused-ring (bicyclic) bond motifs is 1. The summed E-state index contributed by atoms with van der Waals surface area (Å²) in [4.78, 5) is 35.1. The number of esters is 1. The average molecular weight is 373 g/mol. The van der Waals surface area contributed by atoms with E-state index in [0.29, 0.717) is 21.9 Å². The van der Waals surface area contributed by atoms with Gasteiger partial charge in [0.25, 0.3) is 5.91 Å². The molecule has 0 aliphatic rings. The van der Waals surface area contributed by atoms with Gasteiger partial charge in [0, 0.05) is 17.5 Å². The fourth-order valence-corrected chi connectivity index (χ4v) is 3.01. The van der Waals surface area contributed by atoms with Gasteiger partial charge in [0.15, 0.2) is 6.61 Å². The molecule has 0 aliphatic heterocycles. The number of thiophene rings is 1. The van der Waals surface area contributed by atoms with Crippen LogP contribution in [0.5, 0.6) is 5.75 Å². The van der Waals surface area contributed by atoms with Crippen LogP contribution >= 0.6 is 11.3 Å². The van der Waals surface area contributed by atoms with Crippen molar-refractivity contribution in [3.05, 3.63) is 57.8 Å². The van der Waals surface area contributed by atoms with Crippen molar-refractivity contribution in [1.29, 1.82) is 0 Å². The van der Waals surface area contributed by atoms with E-state index in [0.717, 1.165) is 5.39 Å². The van der Waals surface area contributed by atoms with Crippen LogP contribution < -0.4 is 15.7 Å². The molecule has 134 valence electrons. The third kappa shape index (κ3) is 4.09. The molecule has 0 atom stereocenters. The van der Waals surface area contributed by atoms with E-state index in [-0.39, 0.29) is 13.2 Å². The van der Waals surface area contributed by atoms with Crippen molar-refractivity contribution in [2.45, 2.75) is 6.92 Å². The molecule has 2 heterocycles. The highest BCUT2D eigenvalue weighted by Crippen LogP contribution is 2.24. The SMILES string of the molecule is CCOC(=O)c1ccsc1NC(=O)COc1ccc2ccc(=O)oc2c1. The standard InChI is InChI=1S/C18H15NO6S/c1-2-23-18(22)13-7-8-26-17(13)19-15(20)10-24-12-5-3-11-4-6-16(21)25-14(11)9-12/h3-9H,2,10H2,1H3,(H,19,20). The summed E-state index contributed by atoms with van der Waals surface area (Å²) >= 11 is 1.22. The number of carbonyl (C=O) groups is 2. The number of hydrogen-bond acceptors (Lipinski definition) is 7. The van der Waals surface area contributed by atoms with Crippen LogP contribution in [0.2, 0.25) is 0 Å². The molecule has 0 saturated heterocycles. The number of nitrogens with one attached hydrogen (secondary N) is 1. The molecule has 0 radical (unpaired) electrons. The summed E-state index contributed by atoms with van der Waals surface area (Å²) in [5.41, 5.74) is 0.215. The molecule has 8 heteroatoms. The molecular formula is C18H15NO6S. The Labute approximate surface area is 152 Å². The van der Waals surface area contributed by atoms with Gasteiger partial charge >= 0.3 is 11.6 Å². The van der Waals surface area contributed by atoms with Crippen LogP contribution in [0.25, 0.3) is 11.0 Å². The highest BCUT2D eigenvalue weighted by atomic mass is 32.1. The molecule has 0 aliphatic carbocycles. The molecule has 7 nitrogen and oxygen atoms in total. The van der Waals surface area contributed by atoms with Gasteiger partial charge < -0.3 is 19.2 Å². The van der Waals surface area contributed by atoms with Gasteiger partial charge in [-0.25, -0.2) is 9.59 Å². The van der Waals surface area contributed by atoms with Crippen molar-refractivity contribution in [1.82, 2.24) is 0 Å². The molecule has 1 aromatic carbocycles. The van der Waals surface area contributed by atoms with Gasteiger partial charge in [-0.2, -0.15) is 0 Å². The molecule has 1 N–H and O–H groups in total. The van der Waals surface area contributed by atoms with E-state index < -0.39 is 17.5 Å². The summed E-state index contributed by atoms with van der Waals surface area (Å²) in [6, 6.07) is 9.50. The summed E-state index contributed by atoms with van der Waals surface area (Å²) < 4.78 is 15.4. The topological polar surface area (TPSA) is 94.8 Å². The Hall–Kier alpha value is -3.13. The van der Waals surface area contributed by atoms with E-state index >= 15 is 0 Å². The van der Waals surface area contributed by atoms with Crippen molar-refractivity contribution in [2.24, 2.45) is 0 Å². The minimum absolute atomic E-state index is 0.253. The average Bonchev–Trinajstić information content (AvgIpc) is 3.08. The Bertz CT molecular complexity index is 1010. The fraction of sp³-hybridized carbons (Fsp3) is 0.167. The van der Waals surface area contributed by atoms with E-state index in [1.165, 1.54) is 17.4 Å². The molecular weight excluding hydrogens is 358 g/mol. The number of ether oxygens (including phenoxy) is 2. The van der Waals surface area contributed by atoms with Gasteiger partial charge in [0.1, 0.15) is 16.3 Å². The molecule has 0 unspecified atom stereocenters. The monoisotopic (exact) mass is 373 g/mol. The van der Waals surface area contributed by atoms with Crippen LogP contribution in [0.15, 0.2) is 51.0 Å². The van der Waals surface area contributed by atoms with Crippen LogP contribution in [0, 0.1) is 0 Å². The first kappa shape index (κ1) is 17.7. The third-order valence-electron chi connectivity index (χ3n) is 3.38. The lowest BCUT2D eigenvalue weighted by Gasteiger charge is -2.08. The second-order valence-electron chi connectivity index (χ2n) is 5.17. The zero-order valence-electron chi connectivity index (χ0n) is 13.8. The zero-order chi connectivity index (χ0) is 18.5. The van der Waals surface area contributed by atoms with Crippen LogP contribution in [0.1, 0.15) is 17.3 Å². The molecule has 1 amide bonds. The second-order valence-corrected chi connectivity index (χ2v) is 6.09. The van der Waals surface area contributed by atoms with E-state index in [1.807, 2.05) is 0 Å². The second kappa shape index (κ2) is 7.83. The normalized spacial score (nSPS) is 10.5. The fourth-order valence-electron chi connectivity index (χ4n) is 2.22. The van der Waals surface area contributed by atoms with E-state index in [4.69, 9.17) is 13.9 Å². The van der Waals surface area contributed by atoms with Crippen molar-refractivity contribution >= 4 is 39.2 Å². The van der Waals surface area contributed by atoms with Gasteiger partial charge in [-0.1, -0.05) is 0 Å². The highest BCUT2D eigenvalue weighted by Gasteiger charge is 2.16. The first-order valence-corrected chi connectivity index (χ1v) is 8.66. The predicted octanol–water partition coefficient (Wildman–Crippen LogP) is 3.05. The van der Waals surface area contributed by atoms with Crippen molar-refractivity contribution in [2.75, 3.05) is 18.5 Å². The van der Waals surface area contributed by atoms with Crippen LogP contribution in [0.4, 0.5) is 5.00 Å². The molecule has 0 saturated carbocycles. The molecule has 26 heavy (non-hydrogen) atoms. The summed E-state index contributed by atoms with van der Waals surface area (Å²) in [5.74, 6) is -0.527. The Morgan fingerprint density at radius 3 is 2.81 bits per heavy atom. The van der Waals surface area contributed by atoms with E-state index in [9.17, 15) is 14.4 Å². The van der Waals surface area contributed by atoms with Gasteiger partial charge in [0.05, 0.1) is 12.2 Å². The minimum atomic E-state index is -0.491. The number of hydrogen-bond donors (Lipinski definition) is 1. The third-order valence-corrected chi connectivity index (χ3v) is 4.21. The maximum Gasteiger partial charge on any atom is 0.341 e. The molecule has 0 bridgehead atoms.